The van der Waals surface area contributed by atoms with Crippen molar-refractivity contribution in [1.82, 2.24) is 0 Å². The smallest absolute Gasteiger partial charge is 0.308 e. The second-order valence-corrected chi connectivity index (χ2v) is 3.52. The molecule has 0 radical (unpaired) electrons. The molecule has 1 saturated carbocycles. The van der Waals surface area contributed by atoms with E-state index < -0.39 is 5.97 Å². The third-order valence-corrected chi connectivity index (χ3v) is 2.66. The second-order valence-electron chi connectivity index (χ2n) is 3.52. The minimum Gasteiger partial charge on any atom is -0.481 e. The molecule has 12 heavy (non-hydrogen) atoms. The van der Waals surface area contributed by atoms with Crippen molar-refractivity contribution in [2.45, 2.75) is 25.3 Å². The Balaban J connectivity index is 2.47. The highest BCUT2D eigenvalue weighted by molar-refractivity contribution is 5.71. The first-order chi connectivity index (χ1) is 5.65. The molecule has 0 bridgehead atoms. The van der Waals surface area contributed by atoms with Crippen LogP contribution in [-0.4, -0.2) is 23.7 Å². The average molecular weight is 172 g/mol. The number of aliphatic carboxylic acids is 1. The molecule has 0 aliphatic heterocycles. The monoisotopic (exact) mass is 172 g/mol. The lowest BCUT2D eigenvalue weighted by atomic mass is 9.79. The molecule has 1 aliphatic rings. The Morgan fingerprint density at radius 2 is 2.17 bits per heavy atom. The van der Waals surface area contributed by atoms with E-state index in [0.29, 0.717) is 18.9 Å². The molecule has 4 heteroatoms. The van der Waals surface area contributed by atoms with Gasteiger partial charge in [-0.25, -0.2) is 0 Å². The fourth-order valence-corrected chi connectivity index (χ4v) is 1.82. The Hall–Kier alpha value is -0.610. The van der Waals surface area contributed by atoms with Crippen LogP contribution >= 0.6 is 0 Å². The molecule has 1 aliphatic carbocycles. The predicted octanol–water partition coefficient (Wildman–Crippen LogP) is -0.227. The largest absolute Gasteiger partial charge is 0.481 e. The summed E-state index contributed by atoms with van der Waals surface area (Å²) in [5.74, 6) is -0.693. The molecule has 0 aromatic heterocycles. The number of hydrogen-bond donors (Lipinski definition) is 3. The van der Waals surface area contributed by atoms with E-state index in [2.05, 4.69) is 0 Å². The maximum atomic E-state index is 10.6. The van der Waals surface area contributed by atoms with Crippen LogP contribution in [0, 0.1) is 11.8 Å². The number of rotatable bonds is 2. The van der Waals surface area contributed by atoms with Crippen LogP contribution in [0.3, 0.4) is 0 Å². The van der Waals surface area contributed by atoms with Crippen LogP contribution in [0.1, 0.15) is 19.3 Å². The van der Waals surface area contributed by atoms with Crippen LogP contribution < -0.4 is 11.5 Å². The van der Waals surface area contributed by atoms with E-state index in [-0.39, 0.29) is 12.0 Å². The summed E-state index contributed by atoms with van der Waals surface area (Å²) in [7, 11) is 0. The lowest BCUT2D eigenvalue weighted by Crippen LogP contribution is -2.42. The molecular weight excluding hydrogens is 156 g/mol. The van der Waals surface area contributed by atoms with Crippen molar-refractivity contribution in [3.63, 3.8) is 0 Å². The minimum atomic E-state index is -0.766. The third-order valence-electron chi connectivity index (χ3n) is 2.66. The van der Waals surface area contributed by atoms with Gasteiger partial charge in [0.05, 0.1) is 5.92 Å². The number of carboxylic acid groups (broad SMARTS) is 1. The molecule has 0 aromatic carbocycles. The summed E-state index contributed by atoms with van der Waals surface area (Å²) in [6.45, 7) is 0.625. The number of carboxylic acids is 1. The van der Waals surface area contributed by atoms with Gasteiger partial charge in [0, 0.05) is 6.04 Å². The topological polar surface area (TPSA) is 89.3 Å². The summed E-state index contributed by atoms with van der Waals surface area (Å²) in [6, 6.07) is -0.204. The van der Waals surface area contributed by atoms with Crippen LogP contribution in [-0.2, 0) is 4.79 Å². The number of hydrogen-bond acceptors (Lipinski definition) is 3. The molecule has 1 fully saturated rings. The van der Waals surface area contributed by atoms with Gasteiger partial charge < -0.3 is 16.6 Å². The van der Waals surface area contributed by atoms with Crippen molar-refractivity contribution in [2.24, 2.45) is 23.3 Å². The van der Waals surface area contributed by atoms with Gasteiger partial charge in [0.25, 0.3) is 0 Å². The molecule has 0 spiro atoms. The van der Waals surface area contributed by atoms with Gasteiger partial charge >= 0.3 is 5.97 Å². The van der Waals surface area contributed by atoms with Gasteiger partial charge in [0.1, 0.15) is 0 Å². The summed E-state index contributed by atoms with van der Waals surface area (Å²) in [6.07, 6.45) is 2.34. The van der Waals surface area contributed by atoms with Crippen molar-refractivity contribution >= 4 is 5.97 Å². The Morgan fingerprint density at radius 3 is 2.58 bits per heavy atom. The zero-order valence-corrected chi connectivity index (χ0v) is 7.07. The number of nitrogens with two attached hydrogens (primary N) is 2. The van der Waals surface area contributed by atoms with Crippen molar-refractivity contribution in [1.29, 1.82) is 0 Å². The van der Waals surface area contributed by atoms with Crippen molar-refractivity contribution in [2.75, 3.05) is 6.54 Å². The fraction of sp³-hybridized carbons (Fsp3) is 0.875. The molecule has 0 aromatic rings. The number of carbonyl (C=O) groups is 1. The Bertz CT molecular complexity index is 172. The predicted molar refractivity (Wildman–Crippen MR) is 45.5 cm³/mol. The van der Waals surface area contributed by atoms with Crippen molar-refractivity contribution in [3.05, 3.63) is 0 Å². The molecule has 70 valence electrons. The second kappa shape index (κ2) is 3.87. The third kappa shape index (κ3) is 1.95. The van der Waals surface area contributed by atoms with Gasteiger partial charge in [-0.05, 0) is 31.7 Å². The van der Waals surface area contributed by atoms with Gasteiger partial charge in [0.2, 0.25) is 0 Å². The standard InChI is InChI=1S/C8H16N2O2/c9-4-5-1-2-6(8(11)12)7(10)3-5/h5-7H,1-4,9-10H2,(H,11,12). The summed E-state index contributed by atoms with van der Waals surface area (Å²) < 4.78 is 0. The summed E-state index contributed by atoms with van der Waals surface area (Å²) in [4.78, 5) is 10.6. The van der Waals surface area contributed by atoms with Gasteiger partial charge in [-0.2, -0.15) is 0 Å². The lowest BCUT2D eigenvalue weighted by Gasteiger charge is -2.30. The first kappa shape index (κ1) is 9.48. The van der Waals surface area contributed by atoms with E-state index >= 15 is 0 Å². The van der Waals surface area contributed by atoms with Gasteiger partial charge in [0.15, 0.2) is 0 Å². The summed E-state index contributed by atoms with van der Waals surface area (Å²) >= 11 is 0. The van der Waals surface area contributed by atoms with E-state index in [1.807, 2.05) is 0 Å². The van der Waals surface area contributed by atoms with Crippen molar-refractivity contribution < 1.29 is 9.90 Å². The maximum absolute atomic E-state index is 10.6. The zero-order chi connectivity index (χ0) is 9.14. The summed E-state index contributed by atoms with van der Waals surface area (Å²) in [5.41, 5.74) is 11.2. The fourth-order valence-electron chi connectivity index (χ4n) is 1.82. The van der Waals surface area contributed by atoms with E-state index in [1.165, 1.54) is 0 Å². The molecule has 3 atom stereocenters. The van der Waals surface area contributed by atoms with Crippen LogP contribution in [0.5, 0.6) is 0 Å². The Morgan fingerprint density at radius 1 is 1.50 bits per heavy atom. The molecule has 1 rings (SSSR count). The molecule has 4 nitrogen and oxygen atoms in total. The van der Waals surface area contributed by atoms with Crippen LogP contribution in [0.2, 0.25) is 0 Å². The molecule has 0 amide bonds. The van der Waals surface area contributed by atoms with E-state index in [0.717, 1.165) is 12.8 Å². The maximum Gasteiger partial charge on any atom is 0.308 e. The lowest BCUT2D eigenvalue weighted by molar-refractivity contribution is -0.143. The molecule has 0 heterocycles. The average Bonchev–Trinajstić information content (AvgIpc) is 2.03. The Kier molecular flexibility index (Phi) is 3.05. The van der Waals surface area contributed by atoms with E-state index in [9.17, 15) is 4.79 Å². The molecule has 5 N–H and O–H groups in total. The highest BCUT2D eigenvalue weighted by Gasteiger charge is 2.31. The highest BCUT2D eigenvalue weighted by Crippen LogP contribution is 2.27. The quantitative estimate of drug-likeness (QED) is 0.537. The summed E-state index contributed by atoms with van der Waals surface area (Å²) in [5, 5.41) is 8.76. The van der Waals surface area contributed by atoms with E-state index in [4.69, 9.17) is 16.6 Å². The minimum absolute atomic E-state index is 0.204. The SMILES string of the molecule is NCC1CCC(C(=O)O)C(N)C1. The molecule has 3 unspecified atom stereocenters. The highest BCUT2D eigenvalue weighted by atomic mass is 16.4. The first-order valence-corrected chi connectivity index (χ1v) is 4.33. The van der Waals surface area contributed by atoms with Gasteiger partial charge in [-0.15, -0.1) is 0 Å². The van der Waals surface area contributed by atoms with Crippen LogP contribution in [0.15, 0.2) is 0 Å². The molecule has 0 saturated heterocycles. The van der Waals surface area contributed by atoms with Crippen molar-refractivity contribution in [3.8, 4) is 0 Å². The van der Waals surface area contributed by atoms with Gasteiger partial charge in [-0.3, -0.25) is 4.79 Å². The first-order valence-electron chi connectivity index (χ1n) is 4.33. The van der Waals surface area contributed by atoms with Gasteiger partial charge in [-0.1, -0.05) is 0 Å². The zero-order valence-electron chi connectivity index (χ0n) is 7.07. The molecular formula is C8H16N2O2. The van der Waals surface area contributed by atoms with E-state index in [1.54, 1.807) is 0 Å². The van der Waals surface area contributed by atoms with Crippen LogP contribution in [0.4, 0.5) is 0 Å². The normalized spacial score (nSPS) is 36.3. The van der Waals surface area contributed by atoms with Crippen LogP contribution in [0.25, 0.3) is 0 Å². The Labute approximate surface area is 71.9 Å².